The molecular weight excluding hydrogens is 228 g/mol. The van der Waals surface area contributed by atoms with E-state index in [4.69, 9.17) is 5.11 Å². The number of carbonyl (C=O) groups excluding carboxylic acids is 1. The van der Waals surface area contributed by atoms with Gasteiger partial charge >= 0.3 is 6.03 Å². The predicted octanol–water partition coefficient (Wildman–Crippen LogP) is 1.59. The van der Waals surface area contributed by atoms with E-state index >= 15 is 0 Å². The van der Waals surface area contributed by atoms with Crippen LogP contribution in [0.2, 0.25) is 0 Å². The maximum absolute atomic E-state index is 12.1. The molecular formula is C14H24N2O2. The molecule has 0 saturated heterocycles. The molecule has 4 aliphatic carbocycles. The van der Waals surface area contributed by atoms with Crippen LogP contribution < -0.4 is 5.32 Å². The molecule has 0 radical (unpaired) electrons. The standard InChI is InChI=1S/C14H24N2O2/c1-16(2-3-17)13(18)15-14-7-10-4-11(8-14)6-12(5-10)9-14/h10-12,17H,2-9H2,1H3,(H,15,18). The highest BCUT2D eigenvalue weighted by Crippen LogP contribution is 2.55. The first-order chi connectivity index (χ1) is 8.60. The Balaban J connectivity index is 1.67. The predicted molar refractivity (Wildman–Crippen MR) is 69.2 cm³/mol. The van der Waals surface area contributed by atoms with E-state index in [1.54, 1.807) is 11.9 Å². The number of nitrogens with one attached hydrogen (secondary N) is 1. The molecule has 4 aliphatic rings. The van der Waals surface area contributed by atoms with Crippen molar-refractivity contribution in [2.75, 3.05) is 20.2 Å². The van der Waals surface area contributed by atoms with Crippen molar-refractivity contribution in [2.24, 2.45) is 17.8 Å². The number of hydrogen-bond donors (Lipinski definition) is 2. The first-order valence-corrected chi connectivity index (χ1v) is 7.24. The summed E-state index contributed by atoms with van der Waals surface area (Å²) >= 11 is 0. The molecule has 0 atom stereocenters. The normalized spacial score (nSPS) is 40.9. The molecule has 0 heterocycles. The zero-order valence-electron chi connectivity index (χ0n) is 11.2. The summed E-state index contributed by atoms with van der Waals surface area (Å²) in [7, 11) is 1.76. The first kappa shape index (κ1) is 12.3. The molecule has 4 heteroatoms. The highest BCUT2D eigenvalue weighted by Gasteiger charge is 2.51. The van der Waals surface area contributed by atoms with Crippen LogP contribution >= 0.6 is 0 Å². The van der Waals surface area contributed by atoms with Gasteiger partial charge in [-0.1, -0.05) is 0 Å². The lowest BCUT2D eigenvalue weighted by atomic mass is 9.53. The lowest BCUT2D eigenvalue weighted by molar-refractivity contribution is -0.0154. The van der Waals surface area contributed by atoms with E-state index in [9.17, 15) is 4.79 Å². The van der Waals surface area contributed by atoms with E-state index in [0.717, 1.165) is 17.8 Å². The second-order valence-corrected chi connectivity index (χ2v) is 6.77. The van der Waals surface area contributed by atoms with Crippen LogP contribution in [0.4, 0.5) is 4.79 Å². The van der Waals surface area contributed by atoms with Gasteiger partial charge in [0.15, 0.2) is 0 Å². The molecule has 2 amide bonds. The fraction of sp³-hybridized carbons (Fsp3) is 0.929. The average molecular weight is 252 g/mol. The monoisotopic (exact) mass is 252 g/mol. The molecule has 4 nitrogen and oxygen atoms in total. The van der Waals surface area contributed by atoms with Crippen LogP contribution in [-0.2, 0) is 0 Å². The van der Waals surface area contributed by atoms with Gasteiger partial charge in [0.1, 0.15) is 0 Å². The zero-order chi connectivity index (χ0) is 12.8. The number of nitrogens with zero attached hydrogens (tertiary/aromatic N) is 1. The van der Waals surface area contributed by atoms with Gasteiger partial charge in [-0.05, 0) is 56.3 Å². The van der Waals surface area contributed by atoms with Gasteiger partial charge in [0.05, 0.1) is 6.61 Å². The number of rotatable bonds is 3. The molecule has 4 fully saturated rings. The summed E-state index contributed by atoms with van der Waals surface area (Å²) in [6.07, 6.45) is 7.71. The fourth-order valence-corrected chi connectivity index (χ4v) is 4.84. The van der Waals surface area contributed by atoms with Crippen LogP contribution in [0.25, 0.3) is 0 Å². The van der Waals surface area contributed by atoms with Crippen LogP contribution in [0.1, 0.15) is 38.5 Å². The number of carbonyl (C=O) groups is 1. The second kappa shape index (κ2) is 4.41. The van der Waals surface area contributed by atoms with Gasteiger partial charge in [-0.3, -0.25) is 0 Å². The van der Waals surface area contributed by atoms with E-state index in [1.165, 1.54) is 38.5 Å². The lowest BCUT2D eigenvalue weighted by Gasteiger charge is -2.57. The Morgan fingerprint density at radius 2 is 1.72 bits per heavy atom. The number of aliphatic hydroxyl groups is 1. The Morgan fingerprint density at radius 1 is 1.22 bits per heavy atom. The lowest BCUT2D eigenvalue weighted by Crippen LogP contribution is -2.61. The van der Waals surface area contributed by atoms with E-state index in [0.29, 0.717) is 6.54 Å². The van der Waals surface area contributed by atoms with Crippen molar-refractivity contribution in [1.82, 2.24) is 10.2 Å². The van der Waals surface area contributed by atoms with Gasteiger partial charge in [0, 0.05) is 19.1 Å². The molecule has 4 rings (SSSR count). The van der Waals surface area contributed by atoms with E-state index in [-0.39, 0.29) is 18.2 Å². The number of urea groups is 1. The van der Waals surface area contributed by atoms with Crippen molar-refractivity contribution < 1.29 is 9.90 Å². The number of hydrogen-bond acceptors (Lipinski definition) is 2. The summed E-state index contributed by atoms with van der Waals surface area (Å²) in [5.74, 6) is 2.54. The summed E-state index contributed by atoms with van der Waals surface area (Å²) in [6, 6.07) is -0.00833. The summed E-state index contributed by atoms with van der Waals surface area (Å²) in [5.41, 5.74) is 0.0789. The zero-order valence-corrected chi connectivity index (χ0v) is 11.2. The Hall–Kier alpha value is -0.770. The average Bonchev–Trinajstić information content (AvgIpc) is 2.26. The third-order valence-electron chi connectivity index (χ3n) is 5.19. The van der Waals surface area contributed by atoms with Crippen LogP contribution in [0, 0.1) is 17.8 Å². The minimum atomic E-state index is -0.00833. The Kier molecular flexibility index (Phi) is 3.00. The van der Waals surface area contributed by atoms with Gasteiger partial charge < -0.3 is 15.3 Å². The smallest absolute Gasteiger partial charge is 0.317 e. The molecule has 18 heavy (non-hydrogen) atoms. The maximum Gasteiger partial charge on any atom is 0.317 e. The van der Waals surface area contributed by atoms with Gasteiger partial charge in [-0.2, -0.15) is 0 Å². The molecule has 4 saturated carbocycles. The van der Waals surface area contributed by atoms with Gasteiger partial charge in [-0.25, -0.2) is 4.79 Å². The van der Waals surface area contributed by atoms with Crippen molar-refractivity contribution in [3.8, 4) is 0 Å². The van der Waals surface area contributed by atoms with Crippen molar-refractivity contribution in [3.05, 3.63) is 0 Å². The summed E-state index contributed by atoms with van der Waals surface area (Å²) in [6.45, 7) is 0.447. The number of likely N-dealkylation sites (N-methyl/N-ethyl adjacent to an activating group) is 1. The Bertz CT molecular complexity index is 307. The fourth-order valence-electron chi connectivity index (χ4n) is 4.84. The minimum Gasteiger partial charge on any atom is -0.395 e. The molecule has 0 aromatic rings. The van der Waals surface area contributed by atoms with Gasteiger partial charge in [0.25, 0.3) is 0 Å². The van der Waals surface area contributed by atoms with Crippen molar-refractivity contribution in [1.29, 1.82) is 0 Å². The van der Waals surface area contributed by atoms with Gasteiger partial charge in [0.2, 0.25) is 0 Å². The Labute approximate surface area is 109 Å². The van der Waals surface area contributed by atoms with E-state index in [2.05, 4.69) is 5.32 Å². The Morgan fingerprint density at radius 3 is 2.17 bits per heavy atom. The molecule has 0 unspecified atom stereocenters. The molecule has 2 N–H and O–H groups in total. The summed E-state index contributed by atoms with van der Waals surface area (Å²) in [4.78, 5) is 13.7. The number of aliphatic hydroxyl groups excluding tert-OH is 1. The second-order valence-electron chi connectivity index (χ2n) is 6.77. The number of amides is 2. The van der Waals surface area contributed by atoms with Crippen LogP contribution in [0.3, 0.4) is 0 Å². The SMILES string of the molecule is CN(CCO)C(=O)NC12CC3CC(CC(C3)C1)C2. The largest absolute Gasteiger partial charge is 0.395 e. The molecule has 0 aromatic carbocycles. The van der Waals surface area contributed by atoms with Crippen LogP contribution in [0.5, 0.6) is 0 Å². The summed E-state index contributed by atoms with van der Waals surface area (Å²) < 4.78 is 0. The third-order valence-corrected chi connectivity index (χ3v) is 5.19. The molecule has 4 bridgehead atoms. The molecule has 102 valence electrons. The van der Waals surface area contributed by atoms with E-state index < -0.39 is 0 Å². The van der Waals surface area contributed by atoms with Crippen molar-refractivity contribution in [2.45, 2.75) is 44.1 Å². The first-order valence-electron chi connectivity index (χ1n) is 7.24. The summed E-state index contributed by atoms with van der Waals surface area (Å²) in [5, 5.41) is 12.2. The quantitative estimate of drug-likeness (QED) is 0.801. The molecule has 0 spiro atoms. The molecule has 0 aliphatic heterocycles. The van der Waals surface area contributed by atoms with Crippen molar-refractivity contribution in [3.63, 3.8) is 0 Å². The van der Waals surface area contributed by atoms with Crippen LogP contribution in [-0.4, -0.2) is 41.8 Å². The minimum absolute atomic E-state index is 0.00833. The third kappa shape index (κ3) is 2.11. The highest BCUT2D eigenvalue weighted by atomic mass is 16.3. The van der Waals surface area contributed by atoms with Crippen molar-refractivity contribution >= 4 is 6.03 Å². The highest BCUT2D eigenvalue weighted by molar-refractivity contribution is 5.74. The maximum atomic E-state index is 12.1. The van der Waals surface area contributed by atoms with E-state index in [1.807, 2.05) is 0 Å². The topological polar surface area (TPSA) is 52.6 Å². The molecule has 0 aromatic heterocycles. The van der Waals surface area contributed by atoms with Gasteiger partial charge in [-0.15, -0.1) is 0 Å². The van der Waals surface area contributed by atoms with Crippen LogP contribution in [0.15, 0.2) is 0 Å².